The largest absolute Gasteiger partial charge is 0.459 e. The summed E-state index contributed by atoms with van der Waals surface area (Å²) in [5, 5.41) is 4.83. The van der Waals surface area contributed by atoms with Crippen LogP contribution in [0.25, 0.3) is 11.0 Å². The fraction of sp³-hybridized carbons (Fsp3) is 0.556. The zero-order valence-electron chi connectivity index (χ0n) is 13.4. The Morgan fingerprint density at radius 3 is 2.67 bits per heavy atom. The van der Waals surface area contributed by atoms with Crippen LogP contribution in [0, 0.1) is 6.92 Å². The van der Waals surface area contributed by atoms with Crippen LogP contribution in [0.1, 0.15) is 50.0 Å². The first-order valence-electron chi connectivity index (χ1n) is 7.94. The molecule has 2 rings (SSSR count). The van der Waals surface area contributed by atoms with Crippen LogP contribution in [0.2, 0.25) is 0 Å². The van der Waals surface area contributed by atoms with Crippen LogP contribution in [0.3, 0.4) is 0 Å². The molecule has 21 heavy (non-hydrogen) atoms. The number of furan rings is 1. The molecule has 0 fully saturated rings. The predicted octanol–water partition coefficient (Wildman–Crippen LogP) is 5.32. The summed E-state index contributed by atoms with van der Waals surface area (Å²) in [6, 6.07) is 8.56. The first kappa shape index (κ1) is 16.4. The van der Waals surface area contributed by atoms with Crippen molar-refractivity contribution in [3.8, 4) is 0 Å². The second kappa shape index (κ2) is 8.50. The molecular formula is C18H27NOS. The van der Waals surface area contributed by atoms with Crippen LogP contribution in [0.5, 0.6) is 0 Å². The van der Waals surface area contributed by atoms with E-state index in [9.17, 15) is 0 Å². The van der Waals surface area contributed by atoms with Gasteiger partial charge in [-0.05, 0) is 56.9 Å². The molecular weight excluding hydrogens is 278 g/mol. The molecule has 2 aromatic rings. The lowest BCUT2D eigenvalue weighted by Crippen LogP contribution is -2.20. The molecule has 0 saturated heterocycles. The summed E-state index contributed by atoms with van der Waals surface area (Å²) in [7, 11) is 0. The lowest BCUT2D eigenvalue weighted by Gasteiger charge is -2.12. The molecule has 1 atom stereocenters. The Labute approximate surface area is 132 Å². The average Bonchev–Trinajstić information content (AvgIpc) is 2.84. The molecule has 1 aromatic carbocycles. The Morgan fingerprint density at radius 1 is 1.14 bits per heavy atom. The van der Waals surface area contributed by atoms with Crippen LogP contribution in [-0.2, 0) is 0 Å². The monoisotopic (exact) mass is 305 g/mol. The summed E-state index contributed by atoms with van der Waals surface area (Å²) < 4.78 is 6.01. The first-order valence-corrected chi connectivity index (χ1v) is 9.33. The highest BCUT2D eigenvalue weighted by molar-refractivity contribution is 7.98. The SMILES string of the molecule is CSCCCCCCNC(C)c1oc2ccccc2c1C. The second-order valence-electron chi connectivity index (χ2n) is 5.67. The number of aryl methyl sites for hydroxylation is 1. The van der Waals surface area contributed by atoms with Crippen molar-refractivity contribution in [3.63, 3.8) is 0 Å². The number of rotatable bonds is 9. The zero-order valence-corrected chi connectivity index (χ0v) is 14.3. The van der Waals surface area contributed by atoms with E-state index in [0.717, 1.165) is 17.9 Å². The van der Waals surface area contributed by atoms with Crippen LogP contribution in [-0.4, -0.2) is 18.6 Å². The number of benzene rings is 1. The maximum absolute atomic E-state index is 6.01. The van der Waals surface area contributed by atoms with Crippen molar-refractivity contribution < 1.29 is 4.42 Å². The quantitative estimate of drug-likeness (QED) is 0.635. The zero-order chi connectivity index (χ0) is 15.1. The minimum absolute atomic E-state index is 0.281. The molecule has 1 N–H and O–H groups in total. The topological polar surface area (TPSA) is 25.2 Å². The second-order valence-corrected chi connectivity index (χ2v) is 6.66. The smallest absolute Gasteiger partial charge is 0.134 e. The average molecular weight is 305 g/mol. The Bertz CT molecular complexity index is 549. The van der Waals surface area contributed by atoms with Gasteiger partial charge in [0.25, 0.3) is 0 Å². The third-order valence-electron chi connectivity index (χ3n) is 4.00. The molecule has 0 saturated carbocycles. The molecule has 0 aliphatic carbocycles. The number of nitrogens with one attached hydrogen (secondary N) is 1. The molecule has 2 nitrogen and oxygen atoms in total. The predicted molar refractivity (Wildman–Crippen MR) is 94.2 cm³/mol. The van der Waals surface area contributed by atoms with Gasteiger partial charge in [-0.3, -0.25) is 0 Å². The normalized spacial score (nSPS) is 12.9. The molecule has 0 aliphatic rings. The number of para-hydroxylation sites is 1. The van der Waals surface area contributed by atoms with Gasteiger partial charge in [0.1, 0.15) is 11.3 Å². The van der Waals surface area contributed by atoms with Crippen molar-refractivity contribution in [1.29, 1.82) is 0 Å². The molecule has 3 heteroatoms. The van der Waals surface area contributed by atoms with E-state index < -0.39 is 0 Å². The van der Waals surface area contributed by atoms with Gasteiger partial charge in [-0.15, -0.1) is 0 Å². The fourth-order valence-electron chi connectivity index (χ4n) is 2.74. The van der Waals surface area contributed by atoms with Crippen LogP contribution < -0.4 is 5.32 Å². The molecule has 1 unspecified atom stereocenters. The standard InChI is InChI=1S/C18H27NOS/c1-14-16-10-6-7-11-17(16)20-18(14)15(2)19-12-8-4-5-9-13-21-3/h6-7,10-11,15,19H,4-5,8-9,12-13H2,1-3H3. The van der Waals surface area contributed by atoms with Crippen LogP contribution in [0.15, 0.2) is 28.7 Å². The van der Waals surface area contributed by atoms with Crippen molar-refractivity contribution in [3.05, 3.63) is 35.6 Å². The third-order valence-corrected chi connectivity index (χ3v) is 4.70. The van der Waals surface area contributed by atoms with Gasteiger partial charge in [0.05, 0.1) is 6.04 Å². The van der Waals surface area contributed by atoms with Crippen molar-refractivity contribution in [2.75, 3.05) is 18.6 Å². The van der Waals surface area contributed by atoms with Crippen LogP contribution in [0.4, 0.5) is 0 Å². The summed E-state index contributed by atoms with van der Waals surface area (Å²) in [5.41, 5.74) is 2.27. The fourth-order valence-corrected chi connectivity index (χ4v) is 3.24. The van der Waals surface area contributed by atoms with Crippen molar-refractivity contribution in [1.82, 2.24) is 5.32 Å². The first-order chi connectivity index (χ1) is 10.2. The highest BCUT2D eigenvalue weighted by Crippen LogP contribution is 2.29. The summed E-state index contributed by atoms with van der Waals surface area (Å²) in [6.07, 6.45) is 7.44. The van der Waals surface area contributed by atoms with Gasteiger partial charge in [-0.1, -0.05) is 31.0 Å². The lowest BCUT2D eigenvalue weighted by atomic mass is 10.1. The Hall–Kier alpha value is -0.930. The van der Waals surface area contributed by atoms with Crippen molar-refractivity contribution in [2.45, 2.75) is 45.6 Å². The highest BCUT2D eigenvalue weighted by atomic mass is 32.2. The highest BCUT2D eigenvalue weighted by Gasteiger charge is 2.15. The van der Waals surface area contributed by atoms with E-state index in [1.807, 2.05) is 23.9 Å². The molecule has 116 valence electrons. The van der Waals surface area contributed by atoms with Crippen molar-refractivity contribution >= 4 is 22.7 Å². The van der Waals surface area contributed by atoms with E-state index in [1.165, 1.54) is 42.4 Å². The van der Waals surface area contributed by atoms with E-state index >= 15 is 0 Å². The van der Waals surface area contributed by atoms with Gasteiger partial charge in [0.2, 0.25) is 0 Å². The molecule has 0 aliphatic heterocycles. The minimum atomic E-state index is 0.281. The number of hydrogen-bond donors (Lipinski definition) is 1. The third kappa shape index (κ3) is 4.52. The number of unbranched alkanes of at least 4 members (excludes halogenated alkanes) is 3. The maximum atomic E-state index is 6.01. The maximum Gasteiger partial charge on any atom is 0.134 e. The number of thioether (sulfide) groups is 1. The van der Waals surface area contributed by atoms with E-state index in [-0.39, 0.29) is 6.04 Å². The molecule has 0 bridgehead atoms. The summed E-state index contributed by atoms with van der Waals surface area (Å²) in [5.74, 6) is 2.38. The van der Waals surface area contributed by atoms with Gasteiger partial charge < -0.3 is 9.73 Å². The lowest BCUT2D eigenvalue weighted by molar-refractivity contribution is 0.441. The summed E-state index contributed by atoms with van der Waals surface area (Å²) in [4.78, 5) is 0. The molecule has 1 aromatic heterocycles. The molecule has 0 radical (unpaired) electrons. The van der Waals surface area contributed by atoms with Crippen molar-refractivity contribution in [2.24, 2.45) is 0 Å². The minimum Gasteiger partial charge on any atom is -0.459 e. The number of fused-ring (bicyclic) bond motifs is 1. The van der Waals surface area contributed by atoms with E-state index in [0.29, 0.717) is 0 Å². The Kier molecular flexibility index (Phi) is 6.65. The molecule has 0 amide bonds. The van der Waals surface area contributed by atoms with E-state index in [4.69, 9.17) is 4.42 Å². The van der Waals surface area contributed by atoms with E-state index in [2.05, 4.69) is 37.6 Å². The number of hydrogen-bond acceptors (Lipinski definition) is 3. The summed E-state index contributed by atoms with van der Waals surface area (Å²) >= 11 is 1.94. The van der Waals surface area contributed by atoms with Gasteiger partial charge in [-0.2, -0.15) is 11.8 Å². The Balaban J connectivity index is 1.79. The molecule has 0 spiro atoms. The van der Waals surface area contributed by atoms with E-state index in [1.54, 1.807) is 0 Å². The van der Waals surface area contributed by atoms with Gasteiger partial charge >= 0.3 is 0 Å². The summed E-state index contributed by atoms with van der Waals surface area (Å²) in [6.45, 7) is 5.41. The molecule has 1 heterocycles. The van der Waals surface area contributed by atoms with Gasteiger partial charge in [0, 0.05) is 5.39 Å². The Morgan fingerprint density at radius 2 is 1.90 bits per heavy atom. The van der Waals surface area contributed by atoms with Gasteiger partial charge in [0.15, 0.2) is 0 Å². The van der Waals surface area contributed by atoms with Gasteiger partial charge in [-0.25, -0.2) is 0 Å². The van der Waals surface area contributed by atoms with Crippen LogP contribution >= 0.6 is 11.8 Å².